The Morgan fingerprint density at radius 1 is 1.15 bits per heavy atom. The Kier molecular flexibility index (Phi) is 4.19. The highest BCUT2D eigenvalue weighted by atomic mass is 16.7. The molecule has 138 valence electrons. The van der Waals surface area contributed by atoms with E-state index >= 15 is 0 Å². The van der Waals surface area contributed by atoms with Gasteiger partial charge in [0.25, 0.3) is 5.91 Å². The van der Waals surface area contributed by atoms with Crippen molar-refractivity contribution in [1.82, 2.24) is 14.9 Å². The van der Waals surface area contributed by atoms with Gasteiger partial charge in [-0.05, 0) is 55.8 Å². The van der Waals surface area contributed by atoms with E-state index in [0.29, 0.717) is 22.7 Å². The molecule has 0 saturated carbocycles. The summed E-state index contributed by atoms with van der Waals surface area (Å²) in [4.78, 5) is 27.0. The Balaban J connectivity index is 1.49. The Labute approximate surface area is 155 Å². The van der Waals surface area contributed by atoms with Crippen LogP contribution >= 0.6 is 0 Å². The number of nitrogens with zero attached hydrogens (tertiary/aromatic N) is 1. The first-order valence-corrected chi connectivity index (χ1v) is 8.61. The first kappa shape index (κ1) is 17.0. The van der Waals surface area contributed by atoms with Gasteiger partial charge in [0.15, 0.2) is 11.5 Å². The van der Waals surface area contributed by atoms with Gasteiger partial charge in [-0.15, -0.1) is 0 Å². The van der Waals surface area contributed by atoms with E-state index in [4.69, 9.17) is 9.47 Å². The molecule has 0 spiro atoms. The van der Waals surface area contributed by atoms with Crippen LogP contribution < -0.4 is 20.5 Å². The second-order valence-corrected chi connectivity index (χ2v) is 6.43. The summed E-state index contributed by atoms with van der Waals surface area (Å²) in [5.74, 6) is 1.21. The van der Waals surface area contributed by atoms with Crippen LogP contribution in [0.25, 0.3) is 5.69 Å². The summed E-state index contributed by atoms with van der Waals surface area (Å²) in [5, 5.41) is 2.97. The fourth-order valence-electron chi connectivity index (χ4n) is 3.08. The molecule has 1 aliphatic heterocycles. The molecule has 2 N–H and O–H groups in total. The molecule has 0 unspecified atom stereocenters. The summed E-state index contributed by atoms with van der Waals surface area (Å²) in [6, 6.07) is 12.3. The SMILES string of the molecule is Cc1c[nH]c(=O)n1-c1ccc(C(=O)N[C@@H](C)c2ccc3c(c2)OCO3)cc1. The maximum Gasteiger partial charge on any atom is 0.330 e. The van der Waals surface area contributed by atoms with Crippen molar-refractivity contribution >= 4 is 5.91 Å². The van der Waals surface area contributed by atoms with E-state index < -0.39 is 0 Å². The Bertz CT molecular complexity index is 1050. The molecule has 0 fully saturated rings. The monoisotopic (exact) mass is 365 g/mol. The number of imidazole rings is 1. The van der Waals surface area contributed by atoms with Crippen LogP contribution in [0.4, 0.5) is 0 Å². The summed E-state index contributed by atoms with van der Waals surface area (Å²) < 4.78 is 12.2. The van der Waals surface area contributed by atoms with Crippen molar-refractivity contribution < 1.29 is 14.3 Å². The van der Waals surface area contributed by atoms with E-state index in [-0.39, 0.29) is 24.4 Å². The van der Waals surface area contributed by atoms with Crippen molar-refractivity contribution in [3.05, 3.63) is 76.0 Å². The number of H-pyrrole nitrogens is 1. The molecule has 0 saturated heterocycles. The van der Waals surface area contributed by atoms with Gasteiger partial charge >= 0.3 is 5.69 Å². The lowest BCUT2D eigenvalue weighted by atomic mass is 10.1. The molecule has 1 aromatic heterocycles. The van der Waals surface area contributed by atoms with Crippen molar-refractivity contribution in [2.24, 2.45) is 0 Å². The van der Waals surface area contributed by atoms with Gasteiger partial charge in [-0.3, -0.25) is 9.36 Å². The van der Waals surface area contributed by atoms with Gasteiger partial charge in [-0.2, -0.15) is 0 Å². The number of ether oxygens (including phenoxy) is 2. The molecule has 1 amide bonds. The summed E-state index contributed by atoms with van der Waals surface area (Å²) in [5.41, 5.74) is 2.75. The van der Waals surface area contributed by atoms with Crippen molar-refractivity contribution in [3.8, 4) is 17.2 Å². The standard InChI is InChI=1S/C20H19N3O4/c1-12-10-21-20(25)23(12)16-6-3-14(4-7-16)19(24)22-13(2)15-5-8-17-18(9-15)27-11-26-17/h3-10,13H,11H2,1-2H3,(H,21,25)(H,22,24)/t13-/m0/s1. The summed E-state index contributed by atoms with van der Waals surface area (Å²) in [6.45, 7) is 3.97. The Morgan fingerprint density at radius 3 is 2.59 bits per heavy atom. The fraction of sp³-hybridized carbons (Fsp3) is 0.200. The van der Waals surface area contributed by atoms with Crippen LogP contribution in [0.5, 0.6) is 11.5 Å². The minimum absolute atomic E-state index is 0.190. The summed E-state index contributed by atoms with van der Waals surface area (Å²) in [7, 11) is 0. The third-order valence-electron chi connectivity index (χ3n) is 4.59. The zero-order chi connectivity index (χ0) is 19.0. The highest BCUT2D eigenvalue weighted by molar-refractivity contribution is 5.94. The van der Waals surface area contributed by atoms with Crippen molar-refractivity contribution in [2.45, 2.75) is 19.9 Å². The Morgan fingerprint density at radius 2 is 1.89 bits per heavy atom. The van der Waals surface area contributed by atoms with E-state index in [2.05, 4.69) is 10.3 Å². The highest BCUT2D eigenvalue weighted by Gasteiger charge is 2.17. The van der Waals surface area contributed by atoms with Gasteiger partial charge in [-0.1, -0.05) is 6.07 Å². The highest BCUT2D eigenvalue weighted by Crippen LogP contribution is 2.34. The second-order valence-electron chi connectivity index (χ2n) is 6.43. The molecule has 2 aromatic carbocycles. The molecule has 0 bridgehead atoms. The van der Waals surface area contributed by atoms with Crippen LogP contribution in [-0.2, 0) is 0 Å². The number of rotatable bonds is 4. The van der Waals surface area contributed by atoms with Crippen LogP contribution in [0, 0.1) is 6.92 Å². The van der Waals surface area contributed by atoms with Crippen molar-refractivity contribution in [3.63, 3.8) is 0 Å². The molecule has 1 aliphatic rings. The van der Waals surface area contributed by atoms with Crippen LogP contribution in [0.15, 0.2) is 53.5 Å². The zero-order valence-corrected chi connectivity index (χ0v) is 15.0. The predicted octanol–water partition coefficient (Wildman–Crippen LogP) is 2.69. The quantitative estimate of drug-likeness (QED) is 0.744. The van der Waals surface area contributed by atoms with Crippen LogP contribution in [-0.4, -0.2) is 22.3 Å². The number of aromatic amines is 1. The maximum atomic E-state index is 12.6. The molecule has 3 aromatic rings. The van der Waals surface area contributed by atoms with E-state index in [9.17, 15) is 9.59 Å². The Hall–Kier alpha value is -3.48. The largest absolute Gasteiger partial charge is 0.454 e. The number of carbonyl (C=O) groups is 1. The number of carbonyl (C=O) groups excluding carboxylic acids is 1. The zero-order valence-electron chi connectivity index (χ0n) is 15.0. The average Bonchev–Trinajstić information content (AvgIpc) is 3.27. The first-order chi connectivity index (χ1) is 13.0. The molecule has 7 heteroatoms. The molecule has 1 atom stereocenters. The second kappa shape index (κ2) is 6.68. The fourth-order valence-corrected chi connectivity index (χ4v) is 3.08. The number of hydrogen-bond donors (Lipinski definition) is 2. The minimum atomic E-state index is -0.207. The number of amides is 1. The number of fused-ring (bicyclic) bond motifs is 1. The lowest BCUT2D eigenvalue weighted by Crippen LogP contribution is -2.26. The smallest absolute Gasteiger partial charge is 0.330 e. The number of hydrogen-bond acceptors (Lipinski definition) is 4. The van der Waals surface area contributed by atoms with Crippen molar-refractivity contribution in [1.29, 1.82) is 0 Å². The lowest BCUT2D eigenvalue weighted by Gasteiger charge is -2.15. The number of nitrogens with one attached hydrogen (secondary N) is 2. The van der Waals surface area contributed by atoms with Gasteiger partial charge in [-0.25, -0.2) is 4.79 Å². The van der Waals surface area contributed by atoms with Crippen LogP contribution in [0.1, 0.15) is 34.6 Å². The van der Waals surface area contributed by atoms with Gasteiger partial charge < -0.3 is 19.8 Å². The molecular formula is C20H19N3O4. The maximum absolute atomic E-state index is 12.6. The van der Waals surface area contributed by atoms with E-state index in [1.165, 1.54) is 0 Å². The molecule has 2 heterocycles. The van der Waals surface area contributed by atoms with Crippen LogP contribution in [0.2, 0.25) is 0 Å². The van der Waals surface area contributed by atoms with Gasteiger partial charge in [0.05, 0.1) is 11.7 Å². The topological polar surface area (TPSA) is 85.4 Å². The molecule has 27 heavy (non-hydrogen) atoms. The van der Waals surface area contributed by atoms with Gasteiger partial charge in [0, 0.05) is 17.5 Å². The van der Waals surface area contributed by atoms with E-state index in [0.717, 1.165) is 11.3 Å². The molecule has 0 radical (unpaired) electrons. The number of aryl methyl sites for hydroxylation is 1. The first-order valence-electron chi connectivity index (χ1n) is 8.61. The third-order valence-corrected chi connectivity index (χ3v) is 4.59. The van der Waals surface area contributed by atoms with Gasteiger partial charge in [0.1, 0.15) is 0 Å². The molecule has 7 nitrogen and oxygen atoms in total. The minimum Gasteiger partial charge on any atom is -0.454 e. The molecular weight excluding hydrogens is 346 g/mol. The van der Waals surface area contributed by atoms with E-state index in [1.807, 2.05) is 32.0 Å². The summed E-state index contributed by atoms with van der Waals surface area (Å²) >= 11 is 0. The average molecular weight is 365 g/mol. The van der Waals surface area contributed by atoms with Gasteiger partial charge in [0.2, 0.25) is 6.79 Å². The number of aromatic nitrogens is 2. The van der Waals surface area contributed by atoms with Crippen LogP contribution in [0.3, 0.4) is 0 Å². The normalized spacial score (nSPS) is 13.4. The summed E-state index contributed by atoms with van der Waals surface area (Å²) in [6.07, 6.45) is 1.65. The lowest BCUT2D eigenvalue weighted by molar-refractivity contribution is 0.0940. The van der Waals surface area contributed by atoms with Crippen molar-refractivity contribution in [2.75, 3.05) is 6.79 Å². The predicted molar refractivity (Wildman–Crippen MR) is 99.6 cm³/mol. The third kappa shape index (κ3) is 3.19. The number of benzene rings is 2. The van der Waals surface area contributed by atoms with E-state index in [1.54, 1.807) is 35.0 Å². The molecule has 4 rings (SSSR count). The molecule has 0 aliphatic carbocycles.